The maximum Gasteiger partial charge on any atom is 0.270 e. The predicted octanol–water partition coefficient (Wildman–Crippen LogP) is 4.60. The molecule has 0 aliphatic rings. The molecule has 0 spiro atoms. The van der Waals surface area contributed by atoms with Crippen molar-refractivity contribution in [2.24, 2.45) is 5.92 Å². The number of aromatic nitrogens is 2. The molecule has 0 saturated heterocycles. The van der Waals surface area contributed by atoms with Crippen molar-refractivity contribution < 1.29 is 14.3 Å². The highest BCUT2D eigenvalue weighted by atomic mass is 35.5. The van der Waals surface area contributed by atoms with Gasteiger partial charge in [0.15, 0.2) is 0 Å². The van der Waals surface area contributed by atoms with Crippen molar-refractivity contribution in [2.45, 2.75) is 13.8 Å². The number of rotatable bonds is 7. The molecule has 0 aliphatic heterocycles. The lowest BCUT2D eigenvalue weighted by Crippen LogP contribution is -2.29. The van der Waals surface area contributed by atoms with E-state index in [1.165, 1.54) is 0 Å². The Kier molecular flexibility index (Phi) is 6.44. The Morgan fingerprint density at radius 1 is 1.14 bits per heavy atom. The van der Waals surface area contributed by atoms with Crippen LogP contribution in [0.2, 0.25) is 5.02 Å². The number of hydrogen-bond donors (Lipinski definition) is 1. The van der Waals surface area contributed by atoms with Gasteiger partial charge in [0.05, 0.1) is 25.6 Å². The summed E-state index contributed by atoms with van der Waals surface area (Å²) in [6, 6.07) is 14.4. The Morgan fingerprint density at radius 2 is 1.93 bits per heavy atom. The molecule has 0 atom stereocenters. The average molecular weight is 414 g/mol. The number of halogens is 1. The van der Waals surface area contributed by atoms with Crippen molar-refractivity contribution in [1.29, 1.82) is 0 Å². The minimum absolute atomic E-state index is 0.204. The summed E-state index contributed by atoms with van der Waals surface area (Å²) in [5.74, 6) is 1.41. The zero-order valence-corrected chi connectivity index (χ0v) is 17.7. The van der Waals surface area contributed by atoms with Gasteiger partial charge in [0.1, 0.15) is 17.2 Å². The molecule has 29 heavy (non-hydrogen) atoms. The zero-order valence-electron chi connectivity index (χ0n) is 16.9. The third-order valence-electron chi connectivity index (χ3n) is 4.35. The largest absolute Gasteiger partial charge is 0.497 e. The van der Waals surface area contributed by atoms with E-state index in [-0.39, 0.29) is 5.91 Å². The van der Waals surface area contributed by atoms with Crippen LogP contribution < -0.4 is 14.8 Å². The van der Waals surface area contributed by atoms with Crippen LogP contribution in [0.15, 0.2) is 48.5 Å². The number of carbonyl (C=O) groups is 1. The maximum atomic E-state index is 12.9. The SMILES string of the molecule is COc1ccc(-c2cc(C(=O)NCC(C)C)n(-c3cccc(Cl)c3)n2)c(OC)c1. The molecule has 1 aromatic heterocycles. The fourth-order valence-corrected chi connectivity index (χ4v) is 3.06. The van der Waals surface area contributed by atoms with Gasteiger partial charge in [-0.2, -0.15) is 5.10 Å². The molecule has 0 bridgehead atoms. The standard InChI is InChI=1S/C22H24ClN3O3/c1-14(2)13-24-22(27)20-12-19(18-9-8-17(28-3)11-21(18)29-4)25-26(20)16-7-5-6-15(23)10-16/h5-12,14H,13H2,1-4H3,(H,24,27). The van der Waals surface area contributed by atoms with Crippen molar-refractivity contribution in [2.75, 3.05) is 20.8 Å². The molecule has 2 aromatic carbocycles. The van der Waals surface area contributed by atoms with Crippen LogP contribution in [0.25, 0.3) is 16.9 Å². The first-order valence-electron chi connectivity index (χ1n) is 9.29. The quantitative estimate of drug-likeness (QED) is 0.615. The molecule has 1 amide bonds. The maximum absolute atomic E-state index is 12.9. The van der Waals surface area contributed by atoms with E-state index in [0.29, 0.717) is 46.1 Å². The van der Waals surface area contributed by atoms with E-state index in [1.54, 1.807) is 43.2 Å². The van der Waals surface area contributed by atoms with Crippen LogP contribution in [0.5, 0.6) is 11.5 Å². The van der Waals surface area contributed by atoms with Gasteiger partial charge >= 0.3 is 0 Å². The molecule has 6 nitrogen and oxygen atoms in total. The summed E-state index contributed by atoms with van der Waals surface area (Å²) < 4.78 is 12.4. The third-order valence-corrected chi connectivity index (χ3v) is 4.59. The van der Waals surface area contributed by atoms with Crippen molar-refractivity contribution >= 4 is 17.5 Å². The van der Waals surface area contributed by atoms with E-state index in [9.17, 15) is 4.79 Å². The van der Waals surface area contributed by atoms with E-state index < -0.39 is 0 Å². The summed E-state index contributed by atoms with van der Waals surface area (Å²) in [4.78, 5) is 12.9. The lowest BCUT2D eigenvalue weighted by molar-refractivity contribution is 0.0941. The number of nitrogens with zero attached hydrogens (tertiary/aromatic N) is 2. The van der Waals surface area contributed by atoms with Crippen molar-refractivity contribution in [3.8, 4) is 28.4 Å². The van der Waals surface area contributed by atoms with E-state index >= 15 is 0 Å². The molecule has 0 radical (unpaired) electrons. The Bertz CT molecular complexity index is 1010. The highest BCUT2D eigenvalue weighted by molar-refractivity contribution is 6.30. The summed E-state index contributed by atoms with van der Waals surface area (Å²) in [5.41, 5.74) is 2.48. The molecular formula is C22H24ClN3O3. The molecule has 1 heterocycles. The molecule has 3 rings (SSSR count). The van der Waals surface area contributed by atoms with Crippen LogP contribution in [0.4, 0.5) is 0 Å². The van der Waals surface area contributed by atoms with Crippen molar-refractivity contribution in [3.05, 3.63) is 59.2 Å². The molecule has 1 N–H and O–H groups in total. The number of nitrogens with one attached hydrogen (secondary N) is 1. The van der Waals surface area contributed by atoms with Gasteiger partial charge in [-0.25, -0.2) is 4.68 Å². The van der Waals surface area contributed by atoms with Gasteiger partial charge in [0.2, 0.25) is 0 Å². The van der Waals surface area contributed by atoms with E-state index in [4.69, 9.17) is 21.1 Å². The Balaban J connectivity index is 2.11. The first-order chi connectivity index (χ1) is 13.9. The van der Waals surface area contributed by atoms with Gasteiger partial charge < -0.3 is 14.8 Å². The van der Waals surface area contributed by atoms with Gasteiger partial charge in [-0.3, -0.25) is 4.79 Å². The molecule has 0 saturated carbocycles. The van der Waals surface area contributed by atoms with E-state index in [1.807, 2.05) is 38.1 Å². The van der Waals surface area contributed by atoms with Gasteiger partial charge in [0.25, 0.3) is 5.91 Å². The molecule has 0 unspecified atom stereocenters. The van der Waals surface area contributed by atoms with Crippen LogP contribution in [0.3, 0.4) is 0 Å². The zero-order chi connectivity index (χ0) is 21.0. The summed E-state index contributed by atoms with van der Waals surface area (Å²) in [6.45, 7) is 4.66. The first kappa shape index (κ1) is 20.7. The molecular weight excluding hydrogens is 390 g/mol. The number of benzene rings is 2. The number of methoxy groups -OCH3 is 2. The third kappa shape index (κ3) is 4.71. The van der Waals surface area contributed by atoms with E-state index in [0.717, 1.165) is 5.56 Å². The normalized spacial score (nSPS) is 10.8. The first-order valence-corrected chi connectivity index (χ1v) is 9.67. The fraction of sp³-hybridized carbons (Fsp3) is 0.273. The molecule has 0 aliphatic carbocycles. The molecule has 3 aromatic rings. The minimum Gasteiger partial charge on any atom is -0.497 e. The van der Waals surface area contributed by atoms with Crippen LogP contribution in [0, 0.1) is 5.92 Å². The molecule has 152 valence electrons. The topological polar surface area (TPSA) is 65.4 Å². The summed E-state index contributed by atoms with van der Waals surface area (Å²) in [7, 11) is 3.18. The van der Waals surface area contributed by atoms with Gasteiger partial charge in [-0.15, -0.1) is 0 Å². The van der Waals surface area contributed by atoms with Crippen LogP contribution in [0.1, 0.15) is 24.3 Å². The smallest absolute Gasteiger partial charge is 0.270 e. The van der Waals surface area contributed by atoms with Crippen molar-refractivity contribution in [3.63, 3.8) is 0 Å². The second-order valence-corrected chi connectivity index (χ2v) is 7.41. The number of hydrogen-bond acceptors (Lipinski definition) is 4. The van der Waals surface area contributed by atoms with Gasteiger partial charge in [-0.1, -0.05) is 31.5 Å². The van der Waals surface area contributed by atoms with Crippen LogP contribution in [-0.4, -0.2) is 36.5 Å². The van der Waals surface area contributed by atoms with Crippen LogP contribution >= 0.6 is 11.6 Å². The average Bonchev–Trinajstić information content (AvgIpc) is 3.16. The Labute approximate surface area is 175 Å². The lowest BCUT2D eigenvalue weighted by atomic mass is 10.1. The van der Waals surface area contributed by atoms with E-state index in [2.05, 4.69) is 10.4 Å². The second kappa shape index (κ2) is 9.01. The highest BCUT2D eigenvalue weighted by Crippen LogP contribution is 2.33. The monoisotopic (exact) mass is 413 g/mol. The number of ether oxygens (including phenoxy) is 2. The summed E-state index contributed by atoms with van der Waals surface area (Å²) >= 11 is 6.16. The summed E-state index contributed by atoms with van der Waals surface area (Å²) in [6.07, 6.45) is 0. The number of amides is 1. The molecule has 0 fully saturated rings. The van der Waals surface area contributed by atoms with Crippen LogP contribution in [-0.2, 0) is 0 Å². The highest BCUT2D eigenvalue weighted by Gasteiger charge is 2.20. The summed E-state index contributed by atoms with van der Waals surface area (Å²) in [5, 5.41) is 8.20. The minimum atomic E-state index is -0.204. The Morgan fingerprint density at radius 3 is 2.59 bits per heavy atom. The second-order valence-electron chi connectivity index (χ2n) is 6.98. The van der Waals surface area contributed by atoms with Gasteiger partial charge in [0, 0.05) is 23.2 Å². The Hall–Kier alpha value is -2.99. The predicted molar refractivity (Wildman–Crippen MR) is 114 cm³/mol. The lowest BCUT2D eigenvalue weighted by Gasteiger charge is -2.10. The van der Waals surface area contributed by atoms with Gasteiger partial charge in [-0.05, 0) is 42.3 Å². The number of carbonyl (C=O) groups excluding carboxylic acids is 1. The fourth-order valence-electron chi connectivity index (χ4n) is 2.88. The van der Waals surface area contributed by atoms with Crippen molar-refractivity contribution in [1.82, 2.24) is 15.1 Å². The molecule has 7 heteroatoms.